The van der Waals surface area contributed by atoms with Crippen LogP contribution < -0.4 is 20.7 Å². The van der Waals surface area contributed by atoms with Crippen molar-refractivity contribution in [3.63, 3.8) is 0 Å². The summed E-state index contributed by atoms with van der Waals surface area (Å²) in [5.74, 6) is -1.60. The van der Waals surface area contributed by atoms with Gasteiger partial charge in [0.2, 0.25) is 5.91 Å². The average molecular weight is 748 g/mol. The van der Waals surface area contributed by atoms with Crippen molar-refractivity contribution in [3.8, 4) is 11.5 Å². The van der Waals surface area contributed by atoms with Crippen molar-refractivity contribution in [3.05, 3.63) is 142 Å². The Morgan fingerprint density at radius 1 is 0.849 bits per heavy atom. The first-order chi connectivity index (χ1) is 25.7. The molecule has 1 atom stereocenters. The highest BCUT2D eigenvalue weighted by molar-refractivity contribution is 8.00. The van der Waals surface area contributed by atoms with Gasteiger partial charge >= 0.3 is 5.97 Å². The number of ether oxygens (including phenoxy) is 2. The maximum Gasteiger partial charge on any atom is 0.341 e. The fraction of sp³-hybridized carbons (Fsp3) is 0.171. The molecule has 1 aliphatic carbocycles. The highest BCUT2D eigenvalue weighted by atomic mass is 32.2. The number of methoxy groups -OCH3 is 2. The fourth-order valence-corrected chi connectivity index (χ4v) is 8.31. The number of thioether (sulfide) groups is 1. The number of thiophene rings is 1. The molecule has 3 amide bonds. The number of benzene rings is 4. The largest absolute Gasteiger partial charge is 0.508 e. The van der Waals surface area contributed by atoms with E-state index in [0.717, 1.165) is 41.7 Å². The number of phenolic OH excluding ortho intramolecular Hbond substituents is 1. The monoisotopic (exact) mass is 747 g/mol. The Kier molecular flexibility index (Phi) is 11.9. The van der Waals surface area contributed by atoms with Gasteiger partial charge in [-0.3, -0.25) is 14.4 Å². The quantitative estimate of drug-likeness (QED) is 0.0571. The molecule has 4 aromatic carbocycles. The van der Waals surface area contributed by atoms with Crippen LogP contribution >= 0.6 is 23.1 Å². The molecule has 270 valence electrons. The molecule has 0 saturated heterocycles. The topological polar surface area (TPSA) is 143 Å². The van der Waals surface area contributed by atoms with Crippen LogP contribution in [0, 0.1) is 0 Å². The number of nitrogens with one attached hydrogen (secondary N) is 3. The van der Waals surface area contributed by atoms with Crippen LogP contribution in [0.5, 0.6) is 11.5 Å². The minimum atomic E-state index is -0.714. The second-order valence-corrected chi connectivity index (χ2v) is 14.4. The number of carbonyl (C=O) groups excluding carboxylic acids is 4. The van der Waals surface area contributed by atoms with Gasteiger partial charge in [0, 0.05) is 32.7 Å². The number of esters is 1. The van der Waals surface area contributed by atoms with Gasteiger partial charge in [-0.15, -0.1) is 23.1 Å². The van der Waals surface area contributed by atoms with Gasteiger partial charge in [-0.1, -0.05) is 54.6 Å². The molecule has 4 N–H and O–H groups in total. The second-order valence-electron chi connectivity index (χ2n) is 12.1. The number of fused-ring (bicyclic) bond motifs is 1. The van der Waals surface area contributed by atoms with Gasteiger partial charge in [0.05, 0.1) is 19.8 Å². The number of amides is 3. The van der Waals surface area contributed by atoms with E-state index in [9.17, 15) is 24.3 Å². The summed E-state index contributed by atoms with van der Waals surface area (Å²) < 4.78 is 10.5. The number of aryl methyl sites for hydroxylation is 1. The zero-order valence-corrected chi connectivity index (χ0v) is 30.6. The minimum Gasteiger partial charge on any atom is -0.508 e. The third-order valence-electron chi connectivity index (χ3n) is 8.53. The molecule has 0 aliphatic heterocycles. The fourth-order valence-electron chi connectivity index (χ4n) is 5.95. The van der Waals surface area contributed by atoms with Gasteiger partial charge in [-0.05, 0) is 85.4 Å². The van der Waals surface area contributed by atoms with Crippen LogP contribution in [0.3, 0.4) is 0 Å². The molecule has 0 radical (unpaired) electrons. The third kappa shape index (κ3) is 8.97. The van der Waals surface area contributed by atoms with Crippen molar-refractivity contribution in [2.45, 2.75) is 35.8 Å². The van der Waals surface area contributed by atoms with E-state index in [0.29, 0.717) is 38.0 Å². The number of phenols is 1. The van der Waals surface area contributed by atoms with Crippen LogP contribution in [0.2, 0.25) is 0 Å². The molecule has 1 heterocycles. The maximum absolute atomic E-state index is 14.1. The van der Waals surface area contributed by atoms with Crippen molar-refractivity contribution in [1.82, 2.24) is 5.32 Å². The third-order valence-corrected chi connectivity index (χ3v) is 11.0. The number of hydrogen-bond donors (Lipinski definition) is 4. The molecule has 1 aromatic heterocycles. The van der Waals surface area contributed by atoms with E-state index in [1.54, 1.807) is 54.6 Å². The first-order valence-electron chi connectivity index (χ1n) is 16.9. The molecule has 6 rings (SSSR count). The van der Waals surface area contributed by atoms with Crippen molar-refractivity contribution < 1.29 is 33.8 Å². The molecule has 10 nitrogen and oxygen atoms in total. The van der Waals surface area contributed by atoms with E-state index in [2.05, 4.69) is 16.0 Å². The van der Waals surface area contributed by atoms with Gasteiger partial charge in [-0.2, -0.15) is 0 Å². The lowest BCUT2D eigenvalue weighted by Crippen LogP contribution is -2.30. The number of aromatic hydroxyl groups is 1. The smallest absolute Gasteiger partial charge is 0.341 e. The van der Waals surface area contributed by atoms with E-state index in [1.807, 2.05) is 36.4 Å². The summed E-state index contributed by atoms with van der Waals surface area (Å²) in [7, 11) is 2.78. The molecule has 0 saturated carbocycles. The maximum atomic E-state index is 14.1. The zero-order chi connectivity index (χ0) is 37.3. The summed E-state index contributed by atoms with van der Waals surface area (Å²) in [4.78, 5) is 55.8. The Morgan fingerprint density at radius 3 is 2.32 bits per heavy atom. The van der Waals surface area contributed by atoms with Crippen molar-refractivity contribution >= 4 is 63.6 Å². The van der Waals surface area contributed by atoms with Crippen LogP contribution in [-0.2, 0) is 27.2 Å². The van der Waals surface area contributed by atoms with E-state index >= 15 is 0 Å². The predicted octanol–water partition coefficient (Wildman–Crippen LogP) is 8.01. The van der Waals surface area contributed by atoms with Gasteiger partial charge in [0.15, 0.2) is 0 Å². The Hall–Kier alpha value is -5.85. The first-order valence-corrected chi connectivity index (χ1v) is 18.6. The van der Waals surface area contributed by atoms with Crippen molar-refractivity contribution in [2.75, 3.05) is 24.9 Å². The summed E-state index contributed by atoms with van der Waals surface area (Å²) >= 11 is 2.72. The highest BCUT2D eigenvalue weighted by Gasteiger charge is 2.30. The highest BCUT2D eigenvalue weighted by Crippen LogP contribution is 2.41. The molecule has 53 heavy (non-hydrogen) atoms. The Balaban J connectivity index is 1.26. The molecule has 1 aliphatic rings. The molecule has 0 fully saturated rings. The van der Waals surface area contributed by atoms with E-state index in [1.165, 1.54) is 55.5 Å². The molecule has 12 heteroatoms. The standard InChI is InChI=1S/C41H37N3O7S2/c1-50-33-24-29(45)21-20-27(33)22-32(43-37(46)26-14-7-4-8-15-26)38(47)42-28-16-11-17-30(23-28)52-36(25-12-5-3-6-13-25)39(48)44-40-35(41(49)51-2)31-18-9-10-19-34(31)53-40/h3-8,11-17,20-24,36,45H,9-10,18-19H2,1-2H3,(H,42,47)(H,43,46)(H,44,48)/b32-22+. The first kappa shape index (κ1) is 36.9. The normalized spacial score (nSPS) is 12.9. The van der Waals surface area contributed by atoms with Crippen LogP contribution in [0.1, 0.15) is 60.4 Å². The minimum absolute atomic E-state index is 0.0199. The van der Waals surface area contributed by atoms with Crippen LogP contribution in [0.25, 0.3) is 6.08 Å². The van der Waals surface area contributed by atoms with Crippen molar-refractivity contribution in [1.29, 1.82) is 0 Å². The molecule has 0 spiro atoms. The number of anilines is 2. The summed E-state index contributed by atoms with van der Waals surface area (Å²) in [6.45, 7) is 0. The van der Waals surface area contributed by atoms with Gasteiger partial charge in [0.25, 0.3) is 11.8 Å². The number of carbonyl (C=O) groups is 4. The average Bonchev–Trinajstić information content (AvgIpc) is 3.55. The summed E-state index contributed by atoms with van der Waals surface area (Å²) in [5, 5.41) is 18.4. The lowest BCUT2D eigenvalue weighted by molar-refractivity contribution is -0.116. The molecular weight excluding hydrogens is 711 g/mol. The summed E-state index contributed by atoms with van der Waals surface area (Å²) in [5.41, 5.74) is 3.29. The zero-order valence-electron chi connectivity index (χ0n) is 29.0. The van der Waals surface area contributed by atoms with E-state index in [-0.39, 0.29) is 17.4 Å². The van der Waals surface area contributed by atoms with Crippen LogP contribution in [-0.4, -0.2) is 43.0 Å². The molecule has 0 bridgehead atoms. The van der Waals surface area contributed by atoms with Gasteiger partial charge < -0.3 is 30.5 Å². The second kappa shape index (κ2) is 17.1. The Labute approximate surface area is 315 Å². The van der Waals surface area contributed by atoms with Gasteiger partial charge in [-0.25, -0.2) is 4.79 Å². The van der Waals surface area contributed by atoms with Crippen molar-refractivity contribution in [2.24, 2.45) is 0 Å². The SMILES string of the molecule is COC(=O)c1c(NC(=O)C(Sc2cccc(NC(=O)/C(=C\c3ccc(O)cc3OC)NC(=O)c3ccccc3)c2)c2ccccc2)sc2c1CCCC2. The Bertz CT molecular complexity index is 2170. The van der Waals surface area contributed by atoms with Gasteiger partial charge in [0.1, 0.15) is 27.4 Å². The number of rotatable bonds is 12. The number of hydrogen-bond acceptors (Lipinski definition) is 9. The van der Waals surface area contributed by atoms with E-state index < -0.39 is 23.0 Å². The van der Waals surface area contributed by atoms with Crippen LogP contribution in [0.15, 0.2) is 114 Å². The lowest BCUT2D eigenvalue weighted by Gasteiger charge is -2.18. The molecule has 5 aromatic rings. The molecular formula is C41H37N3O7S2. The van der Waals surface area contributed by atoms with E-state index in [4.69, 9.17) is 9.47 Å². The lowest BCUT2D eigenvalue weighted by atomic mass is 9.95. The Morgan fingerprint density at radius 2 is 1.58 bits per heavy atom. The van der Waals surface area contributed by atoms with Crippen LogP contribution in [0.4, 0.5) is 10.7 Å². The summed E-state index contributed by atoms with van der Waals surface area (Å²) in [6.07, 6.45) is 5.08. The molecule has 1 unspecified atom stereocenters. The predicted molar refractivity (Wildman–Crippen MR) is 208 cm³/mol. The summed E-state index contributed by atoms with van der Waals surface area (Å²) in [6, 6.07) is 29.3.